The molecule has 0 heterocycles. The normalized spacial score (nSPS) is 10.4. The molecule has 0 aromatic heterocycles. The van der Waals surface area contributed by atoms with Gasteiger partial charge in [-0.2, -0.15) is 0 Å². The molecule has 0 aliphatic rings. The van der Waals surface area contributed by atoms with E-state index < -0.39 is 0 Å². The van der Waals surface area contributed by atoms with Gasteiger partial charge in [0.25, 0.3) is 0 Å². The first kappa shape index (κ1) is 12.9. The third-order valence-corrected chi connectivity index (χ3v) is 3.17. The number of halogens is 1. The van der Waals surface area contributed by atoms with Crippen LogP contribution in [-0.2, 0) is 6.54 Å². The van der Waals surface area contributed by atoms with Crippen LogP contribution in [0.1, 0.15) is 12.5 Å². The zero-order valence-corrected chi connectivity index (χ0v) is 11.2. The second-order valence-electron chi connectivity index (χ2n) is 4.06. The van der Waals surface area contributed by atoms with Crippen LogP contribution in [0.15, 0.2) is 48.5 Å². The highest BCUT2D eigenvalue weighted by Crippen LogP contribution is 2.29. The van der Waals surface area contributed by atoms with E-state index in [1.165, 1.54) is 0 Å². The van der Waals surface area contributed by atoms with Crippen LogP contribution in [0.25, 0.3) is 0 Å². The van der Waals surface area contributed by atoms with Gasteiger partial charge in [-0.25, -0.2) is 0 Å². The fraction of sp³-hybridized carbons (Fsp3) is 0.200. The summed E-state index contributed by atoms with van der Waals surface area (Å²) in [5.74, 6) is 0. The molecule has 0 saturated heterocycles. The predicted molar refractivity (Wildman–Crippen MR) is 78.5 cm³/mol. The Balaban J connectivity index is 2.45. The van der Waals surface area contributed by atoms with Crippen molar-refractivity contribution in [3.8, 4) is 0 Å². The van der Waals surface area contributed by atoms with Crippen molar-refractivity contribution in [3.05, 3.63) is 59.1 Å². The van der Waals surface area contributed by atoms with Gasteiger partial charge in [-0.05, 0) is 42.8 Å². The molecule has 2 N–H and O–H groups in total. The Labute approximate surface area is 113 Å². The van der Waals surface area contributed by atoms with Gasteiger partial charge in [0, 0.05) is 29.5 Å². The summed E-state index contributed by atoms with van der Waals surface area (Å²) >= 11 is 6.02. The van der Waals surface area contributed by atoms with E-state index in [0.29, 0.717) is 6.54 Å². The summed E-state index contributed by atoms with van der Waals surface area (Å²) in [5, 5.41) is 0.725. The third-order valence-electron chi connectivity index (χ3n) is 2.94. The molecule has 94 valence electrons. The lowest BCUT2D eigenvalue weighted by molar-refractivity contribution is 0.984. The molecule has 0 amide bonds. The molecule has 0 saturated carbocycles. The highest BCUT2D eigenvalue weighted by molar-refractivity contribution is 6.30. The van der Waals surface area contributed by atoms with E-state index in [0.717, 1.165) is 28.5 Å². The zero-order valence-electron chi connectivity index (χ0n) is 10.4. The Kier molecular flexibility index (Phi) is 4.24. The van der Waals surface area contributed by atoms with Crippen LogP contribution in [-0.4, -0.2) is 6.54 Å². The molecule has 2 nitrogen and oxygen atoms in total. The molecule has 2 aromatic carbocycles. The van der Waals surface area contributed by atoms with E-state index in [1.807, 2.05) is 36.4 Å². The Morgan fingerprint density at radius 1 is 1.11 bits per heavy atom. The molecule has 0 aliphatic heterocycles. The van der Waals surface area contributed by atoms with E-state index >= 15 is 0 Å². The Hall–Kier alpha value is -1.51. The van der Waals surface area contributed by atoms with Crippen molar-refractivity contribution in [3.63, 3.8) is 0 Å². The van der Waals surface area contributed by atoms with Crippen LogP contribution in [0.2, 0.25) is 5.02 Å². The van der Waals surface area contributed by atoms with Crippen LogP contribution in [0.3, 0.4) is 0 Å². The van der Waals surface area contributed by atoms with Crippen molar-refractivity contribution >= 4 is 23.0 Å². The van der Waals surface area contributed by atoms with Gasteiger partial charge in [-0.3, -0.25) is 0 Å². The molecule has 0 atom stereocenters. The summed E-state index contributed by atoms with van der Waals surface area (Å²) in [6.45, 7) is 3.50. The molecule has 0 spiro atoms. The Bertz CT molecular complexity index is 511. The van der Waals surface area contributed by atoms with Crippen molar-refractivity contribution in [2.45, 2.75) is 13.5 Å². The molecule has 0 bridgehead atoms. The monoisotopic (exact) mass is 260 g/mol. The highest BCUT2D eigenvalue weighted by Gasteiger charge is 2.11. The maximum absolute atomic E-state index is 6.02. The number of hydrogen-bond acceptors (Lipinski definition) is 2. The number of hydrogen-bond donors (Lipinski definition) is 1. The minimum Gasteiger partial charge on any atom is -0.342 e. The van der Waals surface area contributed by atoms with E-state index in [9.17, 15) is 0 Å². The van der Waals surface area contributed by atoms with Crippen LogP contribution >= 0.6 is 11.6 Å². The number of nitrogens with zero attached hydrogens (tertiary/aromatic N) is 1. The average Bonchev–Trinajstić information content (AvgIpc) is 2.42. The lowest BCUT2D eigenvalue weighted by Gasteiger charge is -2.25. The highest BCUT2D eigenvalue weighted by atomic mass is 35.5. The van der Waals surface area contributed by atoms with Gasteiger partial charge in [0.1, 0.15) is 0 Å². The van der Waals surface area contributed by atoms with Crippen LogP contribution in [0.4, 0.5) is 11.4 Å². The van der Waals surface area contributed by atoms with Crippen molar-refractivity contribution in [1.82, 2.24) is 0 Å². The number of para-hydroxylation sites is 1. The van der Waals surface area contributed by atoms with Gasteiger partial charge in [0.2, 0.25) is 0 Å². The SMILES string of the molecule is CCN(c1ccccc1)c1ccc(Cl)cc1CN. The first-order valence-electron chi connectivity index (χ1n) is 6.07. The van der Waals surface area contributed by atoms with Gasteiger partial charge < -0.3 is 10.6 Å². The lowest BCUT2D eigenvalue weighted by Crippen LogP contribution is -2.18. The molecular formula is C15H17ClN2. The number of anilines is 2. The number of rotatable bonds is 4. The summed E-state index contributed by atoms with van der Waals surface area (Å²) in [6.07, 6.45) is 0. The van der Waals surface area contributed by atoms with Crippen LogP contribution in [0.5, 0.6) is 0 Å². The van der Waals surface area contributed by atoms with Gasteiger partial charge in [-0.15, -0.1) is 0 Å². The van der Waals surface area contributed by atoms with Crippen molar-refractivity contribution in [2.75, 3.05) is 11.4 Å². The van der Waals surface area contributed by atoms with E-state index in [4.69, 9.17) is 17.3 Å². The summed E-state index contributed by atoms with van der Waals surface area (Å²) in [6, 6.07) is 16.1. The molecule has 0 fully saturated rings. The first-order valence-corrected chi connectivity index (χ1v) is 6.45. The molecule has 2 aromatic rings. The second kappa shape index (κ2) is 5.89. The van der Waals surface area contributed by atoms with Crippen molar-refractivity contribution < 1.29 is 0 Å². The van der Waals surface area contributed by atoms with Gasteiger partial charge >= 0.3 is 0 Å². The maximum Gasteiger partial charge on any atom is 0.0457 e. The van der Waals surface area contributed by atoms with E-state index in [-0.39, 0.29) is 0 Å². The fourth-order valence-electron chi connectivity index (χ4n) is 2.08. The minimum atomic E-state index is 0.485. The molecular weight excluding hydrogens is 244 g/mol. The maximum atomic E-state index is 6.02. The molecule has 0 unspecified atom stereocenters. The van der Waals surface area contributed by atoms with Gasteiger partial charge in [0.05, 0.1) is 0 Å². The molecule has 2 rings (SSSR count). The lowest BCUT2D eigenvalue weighted by atomic mass is 10.1. The smallest absolute Gasteiger partial charge is 0.0457 e. The zero-order chi connectivity index (χ0) is 13.0. The summed E-state index contributed by atoms with van der Waals surface area (Å²) < 4.78 is 0. The molecule has 0 aliphatic carbocycles. The summed E-state index contributed by atoms with van der Waals surface area (Å²) in [7, 11) is 0. The Morgan fingerprint density at radius 3 is 2.44 bits per heavy atom. The summed E-state index contributed by atoms with van der Waals surface area (Å²) in [4.78, 5) is 2.23. The van der Waals surface area contributed by atoms with Gasteiger partial charge in [-0.1, -0.05) is 29.8 Å². The minimum absolute atomic E-state index is 0.485. The topological polar surface area (TPSA) is 29.3 Å². The standard InChI is InChI=1S/C15H17ClN2/c1-2-18(14-6-4-3-5-7-14)15-9-8-13(16)10-12(15)11-17/h3-10H,2,11,17H2,1H3. The summed E-state index contributed by atoms with van der Waals surface area (Å²) in [5.41, 5.74) is 9.15. The van der Waals surface area contributed by atoms with Crippen molar-refractivity contribution in [1.29, 1.82) is 0 Å². The van der Waals surface area contributed by atoms with Gasteiger partial charge in [0.15, 0.2) is 0 Å². The fourth-order valence-corrected chi connectivity index (χ4v) is 2.28. The molecule has 0 radical (unpaired) electrons. The first-order chi connectivity index (χ1) is 8.76. The van der Waals surface area contributed by atoms with Crippen LogP contribution in [0, 0.1) is 0 Å². The second-order valence-corrected chi connectivity index (χ2v) is 4.49. The molecule has 18 heavy (non-hydrogen) atoms. The Morgan fingerprint density at radius 2 is 1.83 bits per heavy atom. The number of benzene rings is 2. The quantitative estimate of drug-likeness (QED) is 0.902. The van der Waals surface area contributed by atoms with Crippen molar-refractivity contribution in [2.24, 2.45) is 5.73 Å². The van der Waals surface area contributed by atoms with E-state index in [1.54, 1.807) is 0 Å². The average molecular weight is 261 g/mol. The number of nitrogens with two attached hydrogens (primary N) is 1. The predicted octanol–water partition coefficient (Wildman–Crippen LogP) is 3.96. The van der Waals surface area contributed by atoms with Crippen LogP contribution < -0.4 is 10.6 Å². The third kappa shape index (κ3) is 2.66. The molecule has 3 heteroatoms. The van der Waals surface area contributed by atoms with E-state index in [2.05, 4.69) is 24.0 Å². The largest absolute Gasteiger partial charge is 0.342 e.